The first-order valence-electron chi connectivity index (χ1n) is 7.00. The molecular weight excluding hydrogens is 282 g/mol. The number of aromatic nitrogens is 1. The summed E-state index contributed by atoms with van der Waals surface area (Å²) in [5, 5.41) is 0. The molecule has 0 aliphatic heterocycles. The molecule has 1 heterocycles. The summed E-state index contributed by atoms with van der Waals surface area (Å²) >= 11 is 4.23. The lowest BCUT2D eigenvalue weighted by Gasteiger charge is -2.18. The van der Waals surface area contributed by atoms with Crippen LogP contribution in [0.5, 0.6) is 5.75 Å². The second-order valence-electron chi connectivity index (χ2n) is 5.36. The molecule has 0 fully saturated rings. The van der Waals surface area contributed by atoms with Gasteiger partial charge in [-0.1, -0.05) is 6.07 Å². The molecule has 21 heavy (non-hydrogen) atoms. The van der Waals surface area contributed by atoms with Crippen molar-refractivity contribution in [3.63, 3.8) is 0 Å². The summed E-state index contributed by atoms with van der Waals surface area (Å²) in [6.07, 6.45) is 0. The fourth-order valence-corrected chi connectivity index (χ4v) is 2.74. The van der Waals surface area contributed by atoms with Gasteiger partial charge in [-0.3, -0.25) is 4.79 Å². The van der Waals surface area contributed by atoms with Crippen molar-refractivity contribution in [2.75, 3.05) is 7.11 Å². The molecule has 0 aliphatic rings. The Morgan fingerprint density at radius 1 is 1.24 bits per heavy atom. The average molecular weight is 303 g/mol. The summed E-state index contributed by atoms with van der Waals surface area (Å²) in [5.41, 5.74) is 3.75. The summed E-state index contributed by atoms with van der Waals surface area (Å²) in [6.45, 7) is 6.04. The number of hydrogen-bond acceptors (Lipinski definition) is 3. The molecule has 0 radical (unpaired) electrons. The third-order valence-electron chi connectivity index (χ3n) is 3.57. The number of rotatable bonds is 4. The Labute approximate surface area is 131 Å². The van der Waals surface area contributed by atoms with Crippen LogP contribution in [-0.4, -0.2) is 11.7 Å². The van der Waals surface area contributed by atoms with Crippen LogP contribution in [-0.2, 0) is 5.75 Å². The fourth-order valence-electron chi connectivity index (χ4n) is 2.50. The summed E-state index contributed by atoms with van der Waals surface area (Å²) in [6, 6.07) is 9.92. The van der Waals surface area contributed by atoms with Crippen LogP contribution in [0.25, 0.3) is 11.3 Å². The van der Waals surface area contributed by atoms with Gasteiger partial charge in [0, 0.05) is 17.4 Å². The molecule has 0 amide bonds. The van der Waals surface area contributed by atoms with E-state index in [9.17, 15) is 4.79 Å². The van der Waals surface area contributed by atoms with Gasteiger partial charge in [0.25, 0.3) is 5.56 Å². The van der Waals surface area contributed by atoms with Crippen LogP contribution in [0.3, 0.4) is 0 Å². The first-order valence-corrected chi connectivity index (χ1v) is 7.63. The minimum absolute atomic E-state index is 0.0333. The minimum atomic E-state index is 0.0333. The van der Waals surface area contributed by atoms with Crippen LogP contribution in [0.2, 0.25) is 0 Å². The molecule has 0 bridgehead atoms. The lowest BCUT2D eigenvalue weighted by atomic mass is 10.1. The molecule has 1 aromatic heterocycles. The van der Waals surface area contributed by atoms with Crippen molar-refractivity contribution in [2.45, 2.75) is 32.6 Å². The predicted molar refractivity (Wildman–Crippen MR) is 90.5 cm³/mol. The molecule has 3 nitrogen and oxygen atoms in total. The number of thiol groups is 1. The maximum Gasteiger partial charge on any atom is 0.255 e. The third-order valence-corrected chi connectivity index (χ3v) is 3.91. The maximum absolute atomic E-state index is 12.5. The molecule has 0 saturated heterocycles. The molecule has 4 heteroatoms. The lowest BCUT2D eigenvalue weighted by Crippen LogP contribution is -2.26. The van der Waals surface area contributed by atoms with Gasteiger partial charge in [0.05, 0.1) is 12.8 Å². The van der Waals surface area contributed by atoms with Crippen molar-refractivity contribution < 1.29 is 4.74 Å². The number of aryl methyl sites for hydroxylation is 1. The molecule has 0 N–H and O–H groups in total. The standard InChI is InChI=1S/C17H21NO2S/c1-11(2)18-15(7-5-14(10-21)17(18)19)13-6-8-16(20-4)12(3)9-13/h5-9,11,21H,10H2,1-4H3. The Bertz CT molecular complexity index is 704. The molecule has 1 aromatic carbocycles. The fraction of sp³-hybridized carbons (Fsp3) is 0.353. The molecule has 0 unspecified atom stereocenters. The summed E-state index contributed by atoms with van der Waals surface area (Å²) in [5.74, 6) is 1.30. The van der Waals surface area contributed by atoms with Gasteiger partial charge in [0.15, 0.2) is 0 Å². The van der Waals surface area contributed by atoms with Crippen molar-refractivity contribution in [1.82, 2.24) is 4.57 Å². The summed E-state index contributed by atoms with van der Waals surface area (Å²) in [7, 11) is 1.66. The van der Waals surface area contributed by atoms with Crippen molar-refractivity contribution in [1.29, 1.82) is 0 Å². The number of methoxy groups -OCH3 is 1. The number of hydrogen-bond donors (Lipinski definition) is 1. The van der Waals surface area contributed by atoms with E-state index < -0.39 is 0 Å². The van der Waals surface area contributed by atoms with Crippen molar-refractivity contribution in [3.8, 4) is 17.0 Å². The number of benzene rings is 1. The van der Waals surface area contributed by atoms with E-state index >= 15 is 0 Å². The van der Waals surface area contributed by atoms with E-state index in [-0.39, 0.29) is 11.6 Å². The van der Waals surface area contributed by atoms with Gasteiger partial charge >= 0.3 is 0 Å². The molecule has 0 atom stereocenters. The number of ether oxygens (including phenoxy) is 1. The summed E-state index contributed by atoms with van der Waals surface area (Å²) < 4.78 is 7.12. The highest BCUT2D eigenvalue weighted by Gasteiger charge is 2.13. The highest BCUT2D eigenvalue weighted by molar-refractivity contribution is 7.79. The van der Waals surface area contributed by atoms with Crippen molar-refractivity contribution in [3.05, 3.63) is 51.8 Å². The van der Waals surface area contributed by atoms with Crippen molar-refractivity contribution in [2.24, 2.45) is 0 Å². The zero-order valence-electron chi connectivity index (χ0n) is 12.9. The molecule has 2 aromatic rings. The quantitative estimate of drug-likeness (QED) is 0.870. The van der Waals surface area contributed by atoms with Crippen LogP contribution in [0.4, 0.5) is 0 Å². The summed E-state index contributed by atoms with van der Waals surface area (Å²) in [4.78, 5) is 12.5. The SMILES string of the molecule is COc1ccc(-c2ccc(CS)c(=O)n2C(C)C)cc1C. The van der Waals surface area contributed by atoms with Crippen LogP contribution < -0.4 is 10.3 Å². The molecule has 112 valence electrons. The smallest absolute Gasteiger partial charge is 0.255 e. The van der Waals surface area contributed by atoms with Gasteiger partial charge in [0.2, 0.25) is 0 Å². The van der Waals surface area contributed by atoms with E-state index in [1.165, 1.54) is 0 Å². The lowest BCUT2D eigenvalue weighted by molar-refractivity contribution is 0.412. The predicted octanol–water partition coefficient (Wildman–Crippen LogP) is 3.84. The van der Waals surface area contributed by atoms with Crippen LogP contribution in [0, 0.1) is 6.92 Å². The third kappa shape index (κ3) is 3.00. The monoisotopic (exact) mass is 303 g/mol. The zero-order valence-corrected chi connectivity index (χ0v) is 13.8. The number of pyridine rings is 1. The van der Waals surface area contributed by atoms with E-state index in [2.05, 4.69) is 12.6 Å². The van der Waals surface area contributed by atoms with Crippen molar-refractivity contribution >= 4 is 12.6 Å². The molecule has 0 spiro atoms. The molecular formula is C17H21NO2S. The Kier molecular flexibility index (Phi) is 4.78. The van der Waals surface area contributed by atoms with Gasteiger partial charge < -0.3 is 9.30 Å². The highest BCUT2D eigenvalue weighted by atomic mass is 32.1. The van der Waals surface area contributed by atoms with E-state index in [0.717, 1.165) is 28.1 Å². The van der Waals surface area contributed by atoms with Crippen LogP contribution >= 0.6 is 12.6 Å². The highest BCUT2D eigenvalue weighted by Crippen LogP contribution is 2.27. The van der Waals surface area contributed by atoms with Gasteiger partial charge in [-0.2, -0.15) is 12.6 Å². The van der Waals surface area contributed by atoms with Crippen LogP contribution in [0.15, 0.2) is 35.1 Å². The second-order valence-corrected chi connectivity index (χ2v) is 5.67. The zero-order chi connectivity index (χ0) is 15.6. The van der Waals surface area contributed by atoms with Crippen LogP contribution in [0.1, 0.15) is 31.0 Å². The normalized spacial score (nSPS) is 11.0. The molecule has 0 aliphatic carbocycles. The Morgan fingerprint density at radius 2 is 1.95 bits per heavy atom. The first kappa shape index (κ1) is 15.7. The van der Waals surface area contributed by atoms with Gasteiger partial charge in [-0.25, -0.2) is 0 Å². The largest absolute Gasteiger partial charge is 0.496 e. The van der Waals surface area contributed by atoms with E-state index in [1.54, 1.807) is 7.11 Å². The average Bonchev–Trinajstić information content (AvgIpc) is 2.46. The first-order chi connectivity index (χ1) is 9.99. The van der Waals surface area contributed by atoms with E-state index in [4.69, 9.17) is 4.74 Å². The van der Waals surface area contributed by atoms with E-state index in [0.29, 0.717) is 5.75 Å². The number of nitrogens with zero attached hydrogens (tertiary/aromatic N) is 1. The van der Waals surface area contributed by atoms with Gasteiger partial charge in [-0.05, 0) is 56.2 Å². The Balaban J connectivity index is 2.66. The second kappa shape index (κ2) is 6.39. The van der Waals surface area contributed by atoms with Gasteiger partial charge in [0.1, 0.15) is 5.75 Å². The molecule has 0 saturated carbocycles. The Hall–Kier alpha value is -1.68. The molecule has 2 rings (SSSR count). The topological polar surface area (TPSA) is 31.2 Å². The van der Waals surface area contributed by atoms with Gasteiger partial charge in [-0.15, -0.1) is 0 Å². The van der Waals surface area contributed by atoms with E-state index in [1.807, 2.05) is 55.7 Å². The minimum Gasteiger partial charge on any atom is -0.496 e. The maximum atomic E-state index is 12.5. The Morgan fingerprint density at radius 3 is 2.48 bits per heavy atom.